The molecule has 0 saturated carbocycles. The van der Waals surface area contributed by atoms with Gasteiger partial charge in [0.15, 0.2) is 5.43 Å². The molecule has 0 unspecified atom stereocenters. The molecule has 0 saturated heterocycles. The number of hydrogen-bond donors (Lipinski definition) is 1. The van der Waals surface area contributed by atoms with Crippen LogP contribution in [-0.2, 0) is 0 Å². The number of H-pyrrole nitrogens is 1. The van der Waals surface area contributed by atoms with E-state index in [1.807, 2.05) is 36.4 Å². The first-order valence-electron chi connectivity index (χ1n) is 11.0. The number of aromatic nitrogens is 1. The summed E-state index contributed by atoms with van der Waals surface area (Å²) in [5.74, 6) is 1.51. The Morgan fingerprint density at radius 3 is 1.84 bits per heavy atom. The number of hydrogen-bond acceptors (Lipinski definition) is 3. The van der Waals surface area contributed by atoms with Crippen molar-refractivity contribution in [1.82, 2.24) is 4.98 Å². The number of rotatable bonds is 10. The minimum Gasteiger partial charge on any atom is -0.493 e. The minimum atomic E-state index is 0.0112. The smallest absolute Gasteiger partial charge is 0.197 e. The molecule has 1 aromatic heterocycles. The van der Waals surface area contributed by atoms with Crippen LogP contribution in [0.4, 0.5) is 0 Å². The number of pyridine rings is 1. The summed E-state index contributed by atoms with van der Waals surface area (Å²) < 4.78 is 13.6. The Labute approximate surface area is 185 Å². The summed E-state index contributed by atoms with van der Waals surface area (Å²) in [5, 5.41) is 1.31. The van der Waals surface area contributed by atoms with Gasteiger partial charge in [-0.3, -0.25) is 4.79 Å². The summed E-state index contributed by atoms with van der Waals surface area (Å²) in [5.41, 5.74) is 1.61. The van der Waals surface area contributed by atoms with E-state index in [1.165, 1.54) is 0 Å². The third-order valence-corrected chi connectivity index (χ3v) is 5.22. The summed E-state index contributed by atoms with van der Waals surface area (Å²) in [6, 6.07) is 11.3. The van der Waals surface area contributed by atoms with Crippen molar-refractivity contribution in [3.05, 3.63) is 46.6 Å². The van der Waals surface area contributed by atoms with Crippen LogP contribution in [0.1, 0.15) is 12.8 Å². The van der Waals surface area contributed by atoms with Gasteiger partial charge < -0.3 is 23.4 Å². The summed E-state index contributed by atoms with van der Waals surface area (Å²) in [6.07, 6.45) is 1.94. The first-order valence-corrected chi connectivity index (χ1v) is 11.0. The van der Waals surface area contributed by atoms with Crippen LogP contribution in [0.3, 0.4) is 0 Å². The molecule has 6 heteroatoms. The van der Waals surface area contributed by atoms with E-state index < -0.39 is 0 Å². The maximum atomic E-state index is 13.1. The van der Waals surface area contributed by atoms with Gasteiger partial charge in [0.2, 0.25) is 0 Å². The van der Waals surface area contributed by atoms with E-state index in [4.69, 9.17) is 9.47 Å². The predicted molar refractivity (Wildman–Crippen MR) is 128 cm³/mol. The van der Waals surface area contributed by atoms with Crippen LogP contribution in [0.5, 0.6) is 11.5 Å². The second-order valence-corrected chi connectivity index (χ2v) is 10.3. The van der Waals surface area contributed by atoms with Gasteiger partial charge in [0, 0.05) is 29.7 Å². The van der Waals surface area contributed by atoms with Crippen LogP contribution in [0.15, 0.2) is 41.2 Å². The highest BCUT2D eigenvalue weighted by molar-refractivity contribution is 5.93. The molecule has 0 aliphatic carbocycles. The first kappa shape index (κ1) is 23.1. The number of quaternary nitrogens is 2. The third-order valence-electron chi connectivity index (χ3n) is 5.22. The Balaban J connectivity index is 1.73. The van der Waals surface area contributed by atoms with Crippen LogP contribution in [0, 0.1) is 0 Å². The molecule has 168 valence electrons. The van der Waals surface area contributed by atoms with Crippen molar-refractivity contribution >= 4 is 21.8 Å². The van der Waals surface area contributed by atoms with Crippen molar-refractivity contribution in [3.8, 4) is 11.5 Å². The quantitative estimate of drug-likeness (QED) is 0.305. The van der Waals surface area contributed by atoms with E-state index in [9.17, 15) is 4.79 Å². The van der Waals surface area contributed by atoms with Gasteiger partial charge in [0.05, 0.1) is 79.6 Å². The second-order valence-electron chi connectivity index (χ2n) is 10.3. The molecule has 6 nitrogen and oxygen atoms in total. The predicted octanol–water partition coefficient (Wildman–Crippen LogP) is 3.63. The van der Waals surface area contributed by atoms with Crippen molar-refractivity contribution in [2.24, 2.45) is 0 Å². The molecule has 0 amide bonds. The zero-order valence-corrected chi connectivity index (χ0v) is 19.8. The van der Waals surface area contributed by atoms with Gasteiger partial charge in [-0.1, -0.05) is 0 Å². The molecule has 0 aliphatic heterocycles. The highest BCUT2D eigenvalue weighted by Gasteiger charge is 2.10. The normalized spacial score (nSPS) is 12.5. The summed E-state index contributed by atoms with van der Waals surface area (Å²) in [4.78, 5) is 16.4. The van der Waals surface area contributed by atoms with E-state index >= 15 is 0 Å². The molecule has 1 N–H and O–H groups in total. The van der Waals surface area contributed by atoms with Crippen LogP contribution < -0.4 is 14.9 Å². The molecule has 31 heavy (non-hydrogen) atoms. The summed E-state index contributed by atoms with van der Waals surface area (Å²) in [7, 11) is 13.0. The average molecular weight is 428 g/mol. The molecule has 0 atom stereocenters. The zero-order chi connectivity index (χ0) is 22.6. The SMILES string of the molecule is C[N+](C)(C)CCCOc1ccc2c(=O)c3cc(OCCC[N+](C)(C)C)ccc3[nH]c2c1. The van der Waals surface area contributed by atoms with Gasteiger partial charge in [-0.15, -0.1) is 0 Å². The van der Waals surface area contributed by atoms with Crippen molar-refractivity contribution in [2.45, 2.75) is 12.8 Å². The standard InChI is InChI=1S/C25H36N3O3/c1-27(2,3)13-7-15-30-19-10-12-23-22(17-19)25(29)21-11-9-20(18-24(21)26-23)31-16-8-14-28(4,5)6/h9-12,17-18H,7-8,13-16H2,1-6H3/q+1/p+1. The Kier molecular flexibility index (Phi) is 6.92. The molecule has 0 aliphatic rings. The molecule has 0 bridgehead atoms. The van der Waals surface area contributed by atoms with E-state index in [0.717, 1.165) is 57.4 Å². The van der Waals surface area contributed by atoms with Crippen LogP contribution >= 0.6 is 0 Å². The minimum absolute atomic E-state index is 0.0112. The molecule has 0 radical (unpaired) electrons. The van der Waals surface area contributed by atoms with Gasteiger partial charge in [0.25, 0.3) is 0 Å². The maximum Gasteiger partial charge on any atom is 0.197 e. The average Bonchev–Trinajstić information content (AvgIpc) is 2.67. The number of benzene rings is 2. The fourth-order valence-corrected chi connectivity index (χ4v) is 3.57. The lowest BCUT2D eigenvalue weighted by Gasteiger charge is -2.23. The number of fused-ring (bicyclic) bond motifs is 2. The lowest BCUT2D eigenvalue weighted by Crippen LogP contribution is -2.36. The Morgan fingerprint density at radius 2 is 1.26 bits per heavy atom. The lowest BCUT2D eigenvalue weighted by molar-refractivity contribution is -0.870. The number of aromatic amines is 1. The first-order chi connectivity index (χ1) is 14.5. The van der Waals surface area contributed by atoms with Gasteiger partial charge in [-0.05, 0) is 30.3 Å². The van der Waals surface area contributed by atoms with Gasteiger partial charge >= 0.3 is 0 Å². The highest BCUT2D eigenvalue weighted by atomic mass is 16.5. The summed E-state index contributed by atoms with van der Waals surface area (Å²) in [6.45, 7) is 3.39. The van der Waals surface area contributed by atoms with E-state index in [-0.39, 0.29) is 5.43 Å². The fraction of sp³-hybridized carbons (Fsp3) is 0.480. The maximum absolute atomic E-state index is 13.1. The largest absolute Gasteiger partial charge is 0.493 e. The number of nitrogens with zero attached hydrogens (tertiary/aromatic N) is 2. The molecule has 2 aromatic carbocycles. The Morgan fingerprint density at radius 1 is 0.710 bits per heavy atom. The van der Waals surface area contributed by atoms with Crippen LogP contribution in [-0.4, -0.2) is 82.5 Å². The van der Waals surface area contributed by atoms with Crippen molar-refractivity contribution in [3.63, 3.8) is 0 Å². The van der Waals surface area contributed by atoms with Gasteiger partial charge in [-0.25, -0.2) is 0 Å². The van der Waals surface area contributed by atoms with E-state index in [0.29, 0.717) is 24.0 Å². The van der Waals surface area contributed by atoms with Crippen LogP contribution in [0.25, 0.3) is 21.8 Å². The molecule has 0 spiro atoms. The van der Waals surface area contributed by atoms with E-state index in [2.05, 4.69) is 47.3 Å². The molecule has 3 aromatic rings. The number of ether oxygens (including phenoxy) is 2. The van der Waals surface area contributed by atoms with Crippen LogP contribution in [0.2, 0.25) is 0 Å². The monoisotopic (exact) mass is 427 g/mol. The summed E-state index contributed by atoms with van der Waals surface area (Å²) >= 11 is 0. The van der Waals surface area contributed by atoms with Crippen molar-refractivity contribution < 1.29 is 18.4 Å². The van der Waals surface area contributed by atoms with Crippen molar-refractivity contribution in [2.75, 3.05) is 68.6 Å². The Bertz CT molecular complexity index is 1090. The highest BCUT2D eigenvalue weighted by Crippen LogP contribution is 2.23. The topological polar surface area (TPSA) is 51.3 Å². The second kappa shape index (κ2) is 9.28. The Hall–Kier alpha value is -2.57. The zero-order valence-electron chi connectivity index (χ0n) is 19.8. The third kappa shape index (κ3) is 6.71. The number of nitrogens with one attached hydrogen (secondary N) is 1. The van der Waals surface area contributed by atoms with Crippen molar-refractivity contribution in [1.29, 1.82) is 0 Å². The molecular formula is C25H37N3O3+2. The van der Waals surface area contributed by atoms with Gasteiger partial charge in [0.1, 0.15) is 11.5 Å². The fourth-order valence-electron chi connectivity index (χ4n) is 3.57. The van der Waals surface area contributed by atoms with E-state index in [1.54, 1.807) is 0 Å². The molecule has 0 fully saturated rings. The van der Waals surface area contributed by atoms with Gasteiger partial charge in [-0.2, -0.15) is 0 Å². The molecule has 1 heterocycles. The molecule has 3 rings (SSSR count). The lowest BCUT2D eigenvalue weighted by atomic mass is 10.1. The molecular weight excluding hydrogens is 390 g/mol.